The van der Waals surface area contributed by atoms with Crippen LogP contribution in [-0.4, -0.2) is 8.42 Å². The van der Waals surface area contributed by atoms with Crippen LogP contribution in [0.25, 0.3) is 0 Å². The summed E-state index contributed by atoms with van der Waals surface area (Å²) < 4.78 is 23.0. The van der Waals surface area contributed by atoms with Gasteiger partial charge < -0.3 is 5.32 Å². The summed E-state index contributed by atoms with van der Waals surface area (Å²) in [6.45, 7) is 0.629. The Labute approximate surface area is 122 Å². The van der Waals surface area contributed by atoms with Crippen molar-refractivity contribution in [2.24, 2.45) is 5.14 Å². The zero-order chi connectivity index (χ0) is 14.2. The van der Waals surface area contributed by atoms with Gasteiger partial charge in [0, 0.05) is 16.3 Å². The first kappa shape index (κ1) is 13.6. The molecule has 1 aliphatic rings. The molecule has 0 spiro atoms. The number of anilines is 1. The molecular formula is C14H16N2O2S2. The topological polar surface area (TPSA) is 72.2 Å². The van der Waals surface area contributed by atoms with Gasteiger partial charge in [0.1, 0.15) is 4.90 Å². The zero-order valence-electron chi connectivity index (χ0n) is 10.9. The summed E-state index contributed by atoms with van der Waals surface area (Å²) in [6, 6.07) is 8.95. The first-order valence-corrected chi connectivity index (χ1v) is 8.86. The van der Waals surface area contributed by atoms with Crippen molar-refractivity contribution in [1.82, 2.24) is 0 Å². The van der Waals surface area contributed by atoms with Gasteiger partial charge in [-0.1, -0.05) is 12.1 Å². The van der Waals surface area contributed by atoms with Crippen molar-refractivity contribution < 1.29 is 8.42 Å². The summed E-state index contributed by atoms with van der Waals surface area (Å²) >= 11 is 1.81. The van der Waals surface area contributed by atoms with E-state index < -0.39 is 10.0 Å². The van der Waals surface area contributed by atoms with Crippen molar-refractivity contribution >= 4 is 27.0 Å². The average Bonchev–Trinajstić information content (AvgIpc) is 2.96. The SMILES string of the molecule is NS(=O)(=O)c1ccccc1NCc1cc2c(s1)CCC2. The van der Waals surface area contributed by atoms with Crippen LogP contribution in [0.5, 0.6) is 0 Å². The van der Waals surface area contributed by atoms with Gasteiger partial charge in [0.15, 0.2) is 0 Å². The molecule has 2 aromatic rings. The van der Waals surface area contributed by atoms with E-state index in [1.807, 2.05) is 11.3 Å². The number of primary sulfonamides is 1. The van der Waals surface area contributed by atoms with Crippen LogP contribution in [0, 0.1) is 0 Å². The highest BCUT2D eigenvalue weighted by atomic mass is 32.2. The second-order valence-electron chi connectivity index (χ2n) is 4.91. The summed E-state index contributed by atoms with van der Waals surface area (Å²) in [6.07, 6.45) is 3.59. The van der Waals surface area contributed by atoms with E-state index in [0.29, 0.717) is 12.2 Å². The maximum Gasteiger partial charge on any atom is 0.240 e. The molecule has 0 unspecified atom stereocenters. The van der Waals surface area contributed by atoms with Gasteiger partial charge in [-0.25, -0.2) is 13.6 Å². The number of rotatable bonds is 4. The Hall–Kier alpha value is -1.37. The van der Waals surface area contributed by atoms with E-state index in [2.05, 4.69) is 11.4 Å². The molecule has 0 saturated heterocycles. The smallest absolute Gasteiger partial charge is 0.240 e. The molecular weight excluding hydrogens is 292 g/mol. The minimum absolute atomic E-state index is 0.143. The van der Waals surface area contributed by atoms with E-state index in [0.717, 1.165) is 0 Å². The molecule has 0 amide bonds. The third kappa shape index (κ3) is 2.72. The van der Waals surface area contributed by atoms with Gasteiger partial charge in [-0.05, 0) is 43.0 Å². The highest BCUT2D eigenvalue weighted by Gasteiger charge is 2.16. The quantitative estimate of drug-likeness (QED) is 0.911. The standard InChI is InChI=1S/C14H16N2O2S2/c15-20(17,18)14-7-2-1-5-12(14)16-9-11-8-10-4-3-6-13(10)19-11/h1-2,5,7-8,16H,3-4,6,9H2,(H2,15,17,18). The third-order valence-electron chi connectivity index (χ3n) is 3.44. The lowest BCUT2D eigenvalue weighted by Crippen LogP contribution is -2.14. The van der Waals surface area contributed by atoms with Crippen LogP contribution >= 0.6 is 11.3 Å². The van der Waals surface area contributed by atoms with Crippen LogP contribution in [0.4, 0.5) is 5.69 Å². The summed E-state index contributed by atoms with van der Waals surface area (Å²) in [5.41, 5.74) is 2.01. The summed E-state index contributed by atoms with van der Waals surface area (Å²) in [7, 11) is -3.69. The second kappa shape index (κ2) is 5.20. The molecule has 0 atom stereocenters. The van der Waals surface area contributed by atoms with Crippen LogP contribution in [-0.2, 0) is 29.4 Å². The number of nitrogens with one attached hydrogen (secondary N) is 1. The number of nitrogens with two attached hydrogens (primary N) is 1. The van der Waals surface area contributed by atoms with E-state index in [1.54, 1.807) is 18.2 Å². The van der Waals surface area contributed by atoms with Crippen molar-refractivity contribution in [1.29, 1.82) is 0 Å². The summed E-state index contributed by atoms with van der Waals surface area (Å²) in [4.78, 5) is 2.85. The Morgan fingerprint density at radius 1 is 1.25 bits per heavy atom. The van der Waals surface area contributed by atoms with Crippen molar-refractivity contribution in [3.8, 4) is 0 Å². The van der Waals surface area contributed by atoms with E-state index in [-0.39, 0.29) is 4.90 Å². The van der Waals surface area contributed by atoms with Gasteiger partial charge in [-0.15, -0.1) is 11.3 Å². The van der Waals surface area contributed by atoms with Crippen LogP contribution in [0.3, 0.4) is 0 Å². The molecule has 0 fully saturated rings. The number of sulfonamides is 1. The molecule has 1 aromatic carbocycles. The molecule has 0 bridgehead atoms. The van der Waals surface area contributed by atoms with Gasteiger partial charge in [0.25, 0.3) is 0 Å². The molecule has 20 heavy (non-hydrogen) atoms. The lowest BCUT2D eigenvalue weighted by atomic mass is 10.2. The highest BCUT2D eigenvalue weighted by Crippen LogP contribution is 2.31. The van der Waals surface area contributed by atoms with E-state index in [1.165, 1.54) is 40.6 Å². The molecule has 0 saturated carbocycles. The Morgan fingerprint density at radius 3 is 2.80 bits per heavy atom. The molecule has 0 radical (unpaired) electrons. The molecule has 3 N–H and O–H groups in total. The molecule has 106 valence electrons. The maximum atomic E-state index is 11.5. The predicted molar refractivity (Wildman–Crippen MR) is 81.5 cm³/mol. The fraction of sp³-hybridized carbons (Fsp3) is 0.286. The van der Waals surface area contributed by atoms with Crippen molar-refractivity contribution in [3.05, 3.63) is 45.6 Å². The molecule has 1 heterocycles. The molecule has 6 heteroatoms. The van der Waals surface area contributed by atoms with Gasteiger partial charge in [0.2, 0.25) is 10.0 Å². The number of hydrogen-bond donors (Lipinski definition) is 2. The maximum absolute atomic E-state index is 11.5. The first-order valence-electron chi connectivity index (χ1n) is 6.50. The third-order valence-corrected chi connectivity index (χ3v) is 5.65. The number of para-hydroxylation sites is 1. The Morgan fingerprint density at radius 2 is 2.05 bits per heavy atom. The summed E-state index contributed by atoms with van der Waals surface area (Å²) in [5.74, 6) is 0. The van der Waals surface area contributed by atoms with Crippen LogP contribution in [0.1, 0.15) is 21.7 Å². The monoisotopic (exact) mass is 308 g/mol. The lowest BCUT2D eigenvalue weighted by molar-refractivity contribution is 0.598. The van der Waals surface area contributed by atoms with Gasteiger partial charge in [0.05, 0.1) is 5.69 Å². The zero-order valence-corrected chi connectivity index (χ0v) is 12.6. The van der Waals surface area contributed by atoms with Crippen LogP contribution < -0.4 is 10.5 Å². The largest absolute Gasteiger partial charge is 0.379 e. The fourth-order valence-corrected chi connectivity index (χ4v) is 4.44. The first-order chi connectivity index (χ1) is 9.54. The van der Waals surface area contributed by atoms with Crippen molar-refractivity contribution in [2.45, 2.75) is 30.7 Å². The fourth-order valence-electron chi connectivity index (χ4n) is 2.52. The number of aryl methyl sites for hydroxylation is 2. The van der Waals surface area contributed by atoms with Crippen molar-refractivity contribution in [3.63, 3.8) is 0 Å². The highest BCUT2D eigenvalue weighted by molar-refractivity contribution is 7.89. The van der Waals surface area contributed by atoms with E-state index in [9.17, 15) is 8.42 Å². The predicted octanol–water partition coefficient (Wildman–Crippen LogP) is 2.50. The Kier molecular flexibility index (Phi) is 3.54. The Balaban J connectivity index is 1.78. The lowest BCUT2D eigenvalue weighted by Gasteiger charge is -2.09. The normalized spacial score (nSPS) is 14.2. The van der Waals surface area contributed by atoms with Crippen LogP contribution in [0.15, 0.2) is 35.2 Å². The van der Waals surface area contributed by atoms with E-state index in [4.69, 9.17) is 5.14 Å². The second-order valence-corrected chi connectivity index (χ2v) is 7.66. The molecule has 1 aromatic heterocycles. The van der Waals surface area contributed by atoms with Crippen LogP contribution in [0.2, 0.25) is 0 Å². The minimum Gasteiger partial charge on any atom is -0.379 e. The average molecular weight is 308 g/mol. The molecule has 1 aliphatic carbocycles. The van der Waals surface area contributed by atoms with Crippen molar-refractivity contribution in [2.75, 3.05) is 5.32 Å². The van der Waals surface area contributed by atoms with Gasteiger partial charge in [-0.3, -0.25) is 0 Å². The number of benzene rings is 1. The van der Waals surface area contributed by atoms with Gasteiger partial charge >= 0.3 is 0 Å². The van der Waals surface area contributed by atoms with Gasteiger partial charge in [-0.2, -0.15) is 0 Å². The number of thiophene rings is 1. The van der Waals surface area contributed by atoms with E-state index >= 15 is 0 Å². The number of fused-ring (bicyclic) bond motifs is 1. The molecule has 4 nitrogen and oxygen atoms in total. The molecule has 0 aliphatic heterocycles. The minimum atomic E-state index is -3.69. The summed E-state index contributed by atoms with van der Waals surface area (Å²) in [5, 5.41) is 8.40. The Bertz CT molecular complexity index is 714. The molecule has 3 rings (SSSR count). The number of hydrogen-bond acceptors (Lipinski definition) is 4.